The molecule has 158 valence electrons. The third kappa shape index (κ3) is 4.84. The van der Waals surface area contributed by atoms with E-state index in [4.69, 9.17) is 16.3 Å². The number of nitrogens with zero attached hydrogens (tertiary/aromatic N) is 4. The van der Waals surface area contributed by atoms with E-state index >= 15 is 0 Å². The second kappa shape index (κ2) is 8.37. The van der Waals surface area contributed by atoms with Gasteiger partial charge < -0.3 is 4.74 Å². The number of sulfonamides is 1. The van der Waals surface area contributed by atoms with Gasteiger partial charge in [0.05, 0.1) is 10.6 Å². The molecule has 0 amide bonds. The van der Waals surface area contributed by atoms with E-state index in [-0.39, 0.29) is 4.90 Å². The van der Waals surface area contributed by atoms with E-state index in [1.54, 1.807) is 66.3 Å². The zero-order chi connectivity index (χ0) is 22.0. The number of hydrogen-bond acceptors (Lipinski definition) is 6. The summed E-state index contributed by atoms with van der Waals surface area (Å²) >= 11 is 5.94. The Hall–Kier alpha value is -3.43. The first kappa shape index (κ1) is 20.8. The van der Waals surface area contributed by atoms with Crippen LogP contribution in [0.15, 0.2) is 71.8 Å². The molecule has 8 nitrogen and oxygen atoms in total. The van der Waals surface area contributed by atoms with E-state index in [1.165, 1.54) is 6.07 Å². The highest BCUT2D eigenvalue weighted by Gasteiger charge is 2.17. The molecule has 0 fully saturated rings. The van der Waals surface area contributed by atoms with Crippen LogP contribution in [0, 0.1) is 13.8 Å². The summed E-state index contributed by atoms with van der Waals surface area (Å²) < 4.78 is 35.2. The molecule has 2 heterocycles. The number of anilines is 1. The lowest BCUT2D eigenvalue weighted by atomic mass is 10.2. The molecule has 0 radical (unpaired) electrons. The summed E-state index contributed by atoms with van der Waals surface area (Å²) in [5, 5.41) is 12.8. The lowest BCUT2D eigenvalue weighted by molar-refractivity contribution is 0.454. The Kier molecular flexibility index (Phi) is 5.62. The van der Waals surface area contributed by atoms with Crippen molar-refractivity contribution in [3.8, 4) is 17.4 Å². The fraction of sp³-hybridized carbons (Fsp3) is 0.0952. The minimum absolute atomic E-state index is 0.128. The fourth-order valence-corrected chi connectivity index (χ4v) is 4.38. The van der Waals surface area contributed by atoms with Crippen LogP contribution in [-0.4, -0.2) is 28.4 Å². The Bertz CT molecular complexity index is 1320. The first-order chi connectivity index (χ1) is 14.8. The Morgan fingerprint density at radius 2 is 1.74 bits per heavy atom. The fourth-order valence-electron chi connectivity index (χ4n) is 2.82. The molecule has 1 N–H and O–H groups in total. The maximum absolute atomic E-state index is 12.7. The van der Waals surface area contributed by atoms with Crippen LogP contribution in [0.3, 0.4) is 0 Å². The molecule has 4 rings (SSSR count). The molecule has 0 aliphatic rings. The Morgan fingerprint density at radius 3 is 2.39 bits per heavy atom. The van der Waals surface area contributed by atoms with E-state index in [0.717, 1.165) is 5.69 Å². The minimum atomic E-state index is -3.77. The van der Waals surface area contributed by atoms with Gasteiger partial charge in [-0.2, -0.15) is 5.10 Å². The van der Waals surface area contributed by atoms with Crippen molar-refractivity contribution in [3.05, 3.63) is 83.1 Å². The first-order valence-electron chi connectivity index (χ1n) is 9.23. The van der Waals surface area contributed by atoms with Crippen molar-refractivity contribution in [3.63, 3.8) is 0 Å². The smallest absolute Gasteiger partial charge is 0.262 e. The van der Waals surface area contributed by atoms with Crippen LogP contribution >= 0.6 is 11.6 Å². The second-order valence-corrected chi connectivity index (χ2v) is 8.86. The zero-order valence-corrected chi connectivity index (χ0v) is 18.2. The van der Waals surface area contributed by atoms with Crippen LogP contribution in [0.5, 0.6) is 11.6 Å². The normalized spacial score (nSPS) is 11.3. The number of rotatable bonds is 6. The van der Waals surface area contributed by atoms with E-state index in [9.17, 15) is 8.42 Å². The van der Waals surface area contributed by atoms with Crippen molar-refractivity contribution in [2.75, 3.05) is 4.72 Å². The highest BCUT2D eigenvalue weighted by Crippen LogP contribution is 2.25. The summed E-state index contributed by atoms with van der Waals surface area (Å²) in [6.45, 7) is 3.60. The molecule has 0 saturated carbocycles. The van der Waals surface area contributed by atoms with Crippen LogP contribution in [-0.2, 0) is 10.0 Å². The van der Waals surface area contributed by atoms with Crippen molar-refractivity contribution in [1.82, 2.24) is 20.0 Å². The molecule has 4 aromatic rings. The van der Waals surface area contributed by atoms with Crippen LogP contribution in [0.25, 0.3) is 5.82 Å². The van der Waals surface area contributed by atoms with Gasteiger partial charge in [0.1, 0.15) is 5.75 Å². The first-order valence-corrected chi connectivity index (χ1v) is 11.1. The number of aromatic nitrogens is 4. The van der Waals surface area contributed by atoms with Gasteiger partial charge in [-0.15, -0.1) is 10.2 Å². The molecule has 0 spiro atoms. The van der Waals surface area contributed by atoms with Gasteiger partial charge in [-0.3, -0.25) is 4.72 Å². The van der Waals surface area contributed by atoms with Gasteiger partial charge in [-0.05, 0) is 67.9 Å². The average molecular weight is 456 g/mol. The summed E-state index contributed by atoms with van der Waals surface area (Å²) in [4.78, 5) is 0.128. The number of benzene rings is 2. The van der Waals surface area contributed by atoms with Crippen LogP contribution in [0.2, 0.25) is 5.02 Å². The van der Waals surface area contributed by atoms with Gasteiger partial charge in [0.2, 0.25) is 5.88 Å². The van der Waals surface area contributed by atoms with Crippen molar-refractivity contribution in [2.45, 2.75) is 18.7 Å². The standard InChI is InChI=1S/C21H18ClN5O3S/c1-14-3-4-16(22)13-19(14)31(28,29)26-17-5-7-18(8-6-17)30-21-10-9-20(23-24-21)27-12-11-15(2)25-27/h3-13,26H,1-2H3. The lowest BCUT2D eigenvalue weighted by Crippen LogP contribution is -2.14. The highest BCUT2D eigenvalue weighted by molar-refractivity contribution is 7.92. The third-order valence-corrected chi connectivity index (χ3v) is 6.11. The molecule has 0 saturated heterocycles. The largest absolute Gasteiger partial charge is 0.438 e. The predicted octanol–water partition coefficient (Wildman–Crippen LogP) is 4.53. The van der Waals surface area contributed by atoms with Crippen LogP contribution in [0.4, 0.5) is 5.69 Å². The molecular weight excluding hydrogens is 438 g/mol. The van der Waals surface area contributed by atoms with Gasteiger partial charge in [0.15, 0.2) is 5.82 Å². The van der Waals surface area contributed by atoms with E-state index in [0.29, 0.717) is 33.7 Å². The zero-order valence-electron chi connectivity index (χ0n) is 16.7. The molecule has 31 heavy (non-hydrogen) atoms. The number of aryl methyl sites for hydroxylation is 2. The summed E-state index contributed by atoms with van der Waals surface area (Å²) in [6.07, 6.45) is 1.80. The van der Waals surface area contributed by atoms with Crippen LogP contribution in [0.1, 0.15) is 11.3 Å². The van der Waals surface area contributed by atoms with Crippen molar-refractivity contribution >= 4 is 27.3 Å². The Labute approximate surface area is 184 Å². The second-order valence-electron chi connectivity index (χ2n) is 6.77. The summed E-state index contributed by atoms with van der Waals surface area (Å²) in [5.41, 5.74) is 1.87. The van der Waals surface area contributed by atoms with E-state index < -0.39 is 10.0 Å². The minimum Gasteiger partial charge on any atom is -0.438 e. The molecular formula is C21H18ClN5O3S. The quantitative estimate of drug-likeness (QED) is 0.458. The number of halogens is 1. The third-order valence-electron chi connectivity index (χ3n) is 4.35. The van der Waals surface area contributed by atoms with Crippen molar-refractivity contribution in [1.29, 1.82) is 0 Å². The maximum atomic E-state index is 12.7. The monoisotopic (exact) mass is 455 g/mol. The molecule has 2 aromatic carbocycles. The number of ether oxygens (including phenoxy) is 1. The molecule has 0 aliphatic heterocycles. The van der Waals surface area contributed by atoms with Gasteiger partial charge in [-0.25, -0.2) is 13.1 Å². The summed E-state index contributed by atoms with van der Waals surface area (Å²) in [5.74, 6) is 1.36. The van der Waals surface area contributed by atoms with Crippen molar-refractivity contribution in [2.24, 2.45) is 0 Å². The molecule has 0 aliphatic carbocycles. The molecule has 0 atom stereocenters. The maximum Gasteiger partial charge on any atom is 0.262 e. The van der Waals surface area contributed by atoms with Gasteiger partial charge in [0, 0.05) is 23.0 Å². The molecule has 2 aromatic heterocycles. The summed E-state index contributed by atoms with van der Waals surface area (Å²) in [7, 11) is -3.77. The lowest BCUT2D eigenvalue weighted by Gasteiger charge is -2.11. The highest BCUT2D eigenvalue weighted by atomic mass is 35.5. The SMILES string of the molecule is Cc1ccn(-c2ccc(Oc3ccc(NS(=O)(=O)c4cc(Cl)ccc4C)cc3)nn2)n1. The van der Waals surface area contributed by atoms with Crippen LogP contribution < -0.4 is 9.46 Å². The Balaban J connectivity index is 1.45. The molecule has 0 bridgehead atoms. The Morgan fingerprint density at radius 1 is 0.968 bits per heavy atom. The number of nitrogens with one attached hydrogen (secondary N) is 1. The van der Waals surface area contributed by atoms with Gasteiger partial charge in [0.25, 0.3) is 10.0 Å². The predicted molar refractivity (Wildman–Crippen MR) is 117 cm³/mol. The molecule has 10 heteroatoms. The number of hydrogen-bond donors (Lipinski definition) is 1. The van der Waals surface area contributed by atoms with E-state index in [2.05, 4.69) is 20.0 Å². The van der Waals surface area contributed by atoms with Crippen molar-refractivity contribution < 1.29 is 13.2 Å². The topological polar surface area (TPSA) is 99.0 Å². The van der Waals surface area contributed by atoms with Gasteiger partial charge >= 0.3 is 0 Å². The average Bonchev–Trinajstić information content (AvgIpc) is 3.18. The molecule has 0 unspecified atom stereocenters. The summed E-state index contributed by atoms with van der Waals surface area (Å²) in [6, 6.07) is 16.5. The van der Waals surface area contributed by atoms with E-state index in [1.807, 2.05) is 13.0 Å². The van der Waals surface area contributed by atoms with Gasteiger partial charge in [-0.1, -0.05) is 17.7 Å².